The lowest BCUT2D eigenvalue weighted by Gasteiger charge is -2.26. The molecule has 2 aliphatic rings. The van der Waals surface area contributed by atoms with E-state index in [-0.39, 0.29) is 44.7 Å². The fraction of sp³-hybridized carbons (Fsp3) is 0.200. The third kappa shape index (κ3) is 10.4. The van der Waals surface area contributed by atoms with Crippen molar-refractivity contribution in [3.8, 4) is 89.8 Å². The summed E-state index contributed by atoms with van der Waals surface area (Å²) in [5.41, 5.74) is 12.7. The van der Waals surface area contributed by atoms with Gasteiger partial charge in [-0.25, -0.2) is 9.13 Å². The molecule has 2 heterocycles. The predicted octanol–water partition coefficient (Wildman–Crippen LogP) is 23.5. The van der Waals surface area contributed by atoms with E-state index in [0.29, 0.717) is 44.5 Å². The van der Waals surface area contributed by atoms with Gasteiger partial charge in [0.1, 0.15) is 23.0 Å². The third-order valence-electron chi connectivity index (χ3n) is 17.8. The topological polar surface area (TPSA) is 83.1 Å². The van der Waals surface area contributed by atoms with Gasteiger partial charge in [0, 0.05) is 44.5 Å². The minimum atomic E-state index is -5.11. The van der Waals surface area contributed by atoms with E-state index in [2.05, 4.69) is 258 Å². The molecular weight excluding hydrogens is 1130 g/mol. The van der Waals surface area contributed by atoms with Crippen molar-refractivity contribution in [2.75, 3.05) is 0 Å². The number of hydrogen-bond donors (Lipinski definition) is 1. The van der Waals surface area contributed by atoms with Crippen molar-refractivity contribution in [3.63, 3.8) is 0 Å². The molecular formula is C80H73NO6P2. The Morgan fingerprint density at radius 3 is 0.652 bits per heavy atom. The van der Waals surface area contributed by atoms with Gasteiger partial charge in [-0.3, -0.25) is 0 Å². The van der Waals surface area contributed by atoms with E-state index >= 15 is 9.13 Å². The highest BCUT2D eigenvalue weighted by atomic mass is 31.3. The first-order valence-corrected chi connectivity index (χ1v) is 33.8. The zero-order valence-corrected chi connectivity index (χ0v) is 54.4. The van der Waals surface area contributed by atoms with E-state index in [9.17, 15) is 0 Å². The van der Waals surface area contributed by atoms with E-state index in [4.69, 9.17) is 18.1 Å². The lowest BCUT2D eigenvalue weighted by molar-refractivity contribution is 0.359. The fourth-order valence-electron chi connectivity index (χ4n) is 12.9. The van der Waals surface area contributed by atoms with Gasteiger partial charge in [0.2, 0.25) is 0 Å². The second-order valence-electron chi connectivity index (χ2n) is 28.2. The van der Waals surface area contributed by atoms with Crippen molar-refractivity contribution in [1.29, 1.82) is 0 Å². The quantitative estimate of drug-likeness (QED) is 0.166. The van der Waals surface area contributed by atoms with Crippen LogP contribution in [0.15, 0.2) is 218 Å². The smallest absolute Gasteiger partial charge is 0.403 e. The van der Waals surface area contributed by atoms with Crippen LogP contribution in [0.2, 0.25) is 0 Å². The van der Waals surface area contributed by atoms with Crippen LogP contribution in [-0.2, 0) is 30.8 Å². The summed E-state index contributed by atoms with van der Waals surface area (Å²) < 4.78 is 64.4. The number of fused-ring (bicyclic) bond motifs is 14. The van der Waals surface area contributed by atoms with Crippen molar-refractivity contribution in [1.82, 2.24) is 4.86 Å². The maximum Gasteiger partial charge on any atom is 0.524 e. The zero-order valence-electron chi connectivity index (χ0n) is 52.6. The first-order valence-electron chi connectivity index (χ1n) is 30.8. The van der Waals surface area contributed by atoms with Gasteiger partial charge in [-0.15, -0.1) is 0 Å². The molecule has 14 rings (SSSR count). The van der Waals surface area contributed by atoms with Crippen LogP contribution in [0, 0.1) is 0 Å². The van der Waals surface area contributed by atoms with Gasteiger partial charge in [0.25, 0.3) is 0 Å². The lowest BCUT2D eigenvalue weighted by Crippen LogP contribution is -2.21. The molecule has 0 bridgehead atoms. The summed E-state index contributed by atoms with van der Waals surface area (Å²) in [6.45, 7) is 26.3. The van der Waals surface area contributed by atoms with Gasteiger partial charge in [-0.1, -0.05) is 282 Å². The van der Waals surface area contributed by atoms with Crippen molar-refractivity contribution in [2.45, 2.75) is 105 Å². The highest BCUT2D eigenvalue weighted by molar-refractivity contribution is 7.68. The van der Waals surface area contributed by atoms with Crippen LogP contribution in [-0.4, -0.2) is 0 Å². The molecule has 0 atom stereocenters. The van der Waals surface area contributed by atoms with Gasteiger partial charge in [-0.2, -0.15) is 0 Å². The van der Waals surface area contributed by atoms with E-state index in [1.165, 1.54) is 0 Å². The number of rotatable bonds is 6. The van der Waals surface area contributed by atoms with Gasteiger partial charge in [-0.05, 0) is 134 Å². The molecule has 0 aromatic heterocycles. The molecule has 0 fully saturated rings. The Morgan fingerprint density at radius 2 is 0.461 bits per heavy atom. The Bertz CT molecular complexity index is 4320. The number of benzene rings is 12. The van der Waals surface area contributed by atoms with Crippen molar-refractivity contribution in [3.05, 3.63) is 241 Å². The Balaban J connectivity index is 1.07. The van der Waals surface area contributed by atoms with Crippen LogP contribution in [0.1, 0.15) is 105 Å². The fourth-order valence-corrected chi connectivity index (χ4v) is 16.5. The lowest BCUT2D eigenvalue weighted by atomic mass is 9.84. The Morgan fingerprint density at radius 1 is 0.270 bits per heavy atom. The largest absolute Gasteiger partial charge is 0.524 e. The highest BCUT2D eigenvalue weighted by Gasteiger charge is 2.50. The second-order valence-corrected chi connectivity index (χ2v) is 31.7. The molecule has 0 amide bonds. The molecule has 9 heteroatoms. The van der Waals surface area contributed by atoms with Gasteiger partial charge in [0.05, 0.1) is 0 Å². The zero-order chi connectivity index (χ0) is 62.2. The summed E-state index contributed by atoms with van der Waals surface area (Å²) in [5, 5.41) is 7.14. The molecule has 0 saturated carbocycles. The van der Waals surface area contributed by atoms with Crippen LogP contribution in [0.4, 0.5) is 0 Å². The van der Waals surface area contributed by atoms with Gasteiger partial charge >= 0.3 is 15.5 Å². The Labute approximate surface area is 522 Å². The maximum atomic E-state index is 17.5. The van der Waals surface area contributed by atoms with Crippen molar-refractivity contribution in [2.24, 2.45) is 0 Å². The van der Waals surface area contributed by atoms with Gasteiger partial charge < -0.3 is 18.1 Å². The summed E-state index contributed by atoms with van der Waals surface area (Å²) >= 11 is 0. The molecule has 444 valence electrons. The number of nitrogens with one attached hydrogen (secondary N) is 1. The van der Waals surface area contributed by atoms with E-state index < -0.39 is 15.5 Å². The first-order chi connectivity index (χ1) is 42.3. The molecule has 0 radical (unpaired) electrons. The normalized spacial score (nSPS) is 14.5. The Kier molecular flexibility index (Phi) is 13.7. The van der Waals surface area contributed by atoms with E-state index in [1.807, 2.05) is 48.5 Å². The summed E-state index contributed by atoms with van der Waals surface area (Å²) in [4.78, 5) is 3.10. The highest BCUT2D eigenvalue weighted by Crippen LogP contribution is 2.69. The minimum Gasteiger partial charge on any atom is -0.403 e. The molecule has 12 aromatic carbocycles. The molecule has 7 nitrogen and oxygen atoms in total. The van der Waals surface area contributed by atoms with Gasteiger partial charge in [0.15, 0.2) is 0 Å². The van der Waals surface area contributed by atoms with Crippen LogP contribution in [0.3, 0.4) is 0 Å². The SMILES string of the molecule is CC(C)(C)c1ccc(-c2cc3ccccc3c3c2OP(=O)(NP2(=O)Oc4c(-c5ccc(C(C)(C)C)cc5)cc5ccccc5c4-c4c(c(-c5ccc(C(C)(C)C)cc5)cc5ccccc45)O2)Oc2c(-c4ccc(C(C)(C)C)cc4)cc4ccccc4c2-3)cc1. The monoisotopic (exact) mass is 1210 g/mol. The van der Waals surface area contributed by atoms with Crippen molar-refractivity contribution >= 4 is 58.6 Å². The molecule has 0 spiro atoms. The molecule has 2 aliphatic heterocycles. The molecule has 0 aliphatic carbocycles. The van der Waals surface area contributed by atoms with Crippen molar-refractivity contribution < 1.29 is 27.2 Å². The standard InChI is InChI=1S/C80H73NO6P2/c1-77(2,3)57-37-29-49(30-38-57)65-45-53-21-13-17-25-61(53)69-70-62-26-18-14-22-54(62)46-66(50-31-39-58(40-32-50)78(4,5)6)74(70)85-88(82,84-73(65)69)81-89(83)86-75-67(51-33-41-59(42-34-51)79(7,8)9)47-55-23-15-19-27-63(55)71(75)72-64-28-20-16-24-56(64)48-68(76(72)87-89)52-35-43-60(44-36-52)80(10,11)12/h13-48H,1-12H3,(H,81,82,83). The first kappa shape index (κ1) is 58.0. The molecule has 0 saturated heterocycles. The molecule has 1 N–H and O–H groups in total. The van der Waals surface area contributed by atoms with Crippen LogP contribution >= 0.6 is 15.5 Å². The summed E-state index contributed by atoms with van der Waals surface area (Å²) in [5.74, 6) is 1.13. The molecule has 12 aromatic rings. The second kappa shape index (κ2) is 21.0. The molecule has 89 heavy (non-hydrogen) atoms. The summed E-state index contributed by atoms with van der Waals surface area (Å²) in [7, 11) is -10.2. The minimum absolute atomic E-state index is 0.131. The third-order valence-corrected chi connectivity index (χ3v) is 21.5. The van der Waals surface area contributed by atoms with Crippen LogP contribution < -0.4 is 23.0 Å². The van der Waals surface area contributed by atoms with Crippen LogP contribution in [0.25, 0.3) is 110 Å². The summed E-state index contributed by atoms with van der Waals surface area (Å²) in [6.07, 6.45) is 0. The number of hydrogen-bond acceptors (Lipinski definition) is 6. The van der Waals surface area contributed by atoms with Crippen LogP contribution in [0.5, 0.6) is 23.0 Å². The summed E-state index contributed by atoms with van der Waals surface area (Å²) in [6, 6.07) is 75.1. The van der Waals surface area contributed by atoms with E-state index in [0.717, 1.165) is 87.6 Å². The van der Waals surface area contributed by atoms with E-state index in [1.54, 1.807) is 0 Å². The average Bonchev–Trinajstić information content (AvgIpc) is 1.69. The maximum absolute atomic E-state index is 17.5. The Hall–Kier alpha value is -8.70. The predicted molar refractivity (Wildman–Crippen MR) is 371 cm³/mol. The average molecular weight is 1210 g/mol. The molecule has 0 unspecified atom stereocenters.